The van der Waals surface area contributed by atoms with E-state index in [0.717, 1.165) is 25.0 Å². The fourth-order valence-electron chi connectivity index (χ4n) is 1.48. The minimum absolute atomic E-state index is 0.361. The summed E-state index contributed by atoms with van der Waals surface area (Å²) in [6.45, 7) is 4.78. The van der Waals surface area contributed by atoms with Crippen LogP contribution in [0.15, 0.2) is 18.2 Å². The molecule has 1 aromatic carbocycles. The van der Waals surface area contributed by atoms with Crippen molar-refractivity contribution >= 4 is 5.97 Å². The number of rotatable bonds is 7. The molecule has 100 valence electrons. The average molecular weight is 252 g/mol. The summed E-state index contributed by atoms with van der Waals surface area (Å²) in [5.74, 6) is 0.615. The Labute approximate surface area is 108 Å². The monoisotopic (exact) mass is 252 g/mol. The van der Waals surface area contributed by atoms with Crippen molar-refractivity contribution in [3.05, 3.63) is 23.8 Å². The summed E-state index contributed by atoms with van der Waals surface area (Å²) in [4.78, 5) is 10.9. The lowest BCUT2D eigenvalue weighted by molar-refractivity contribution is -0.132. The SMILES string of the molecule is CCCCOCc1ccc(OC(C)=O)c(OC)c1. The predicted molar refractivity (Wildman–Crippen MR) is 68.9 cm³/mol. The van der Waals surface area contributed by atoms with Gasteiger partial charge in [0.05, 0.1) is 13.7 Å². The Hall–Kier alpha value is -1.55. The molecular weight excluding hydrogens is 232 g/mol. The molecule has 0 aliphatic heterocycles. The van der Waals surface area contributed by atoms with E-state index < -0.39 is 0 Å². The molecule has 0 radical (unpaired) electrons. The molecule has 0 saturated heterocycles. The minimum Gasteiger partial charge on any atom is -0.493 e. The van der Waals surface area contributed by atoms with Crippen LogP contribution in [0.3, 0.4) is 0 Å². The first kappa shape index (κ1) is 14.5. The van der Waals surface area contributed by atoms with E-state index in [0.29, 0.717) is 18.1 Å². The summed E-state index contributed by atoms with van der Waals surface area (Å²) in [5, 5.41) is 0. The van der Waals surface area contributed by atoms with Gasteiger partial charge in [0.1, 0.15) is 0 Å². The number of esters is 1. The summed E-state index contributed by atoms with van der Waals surface area (Å²) < 4.78 is 15.7. The fourth-order valence-corrected chi connectivity index (χ4v) is 1.48. The van der Waals surface area contributed by atoms with Crippen molar-refractivity contribution in [3.63, 3.8) is 0 Å². The van der Waals surface area contributed by atoms with Crippen LogP contribution in [0.1, 0.15) is 32.3 Å². The van der Waals surface area contributed by atoms with Gasteiger partial charge in [-0.1, -0.05) is 19.4 Å². The minimum atomic E-state index is -0.361. The highest BCUT2D eigenvalue weighted by Gasteiger charge is 2.07. The largest absolute Gasteiger partial charge is 0.493 e. The molecular formula is C14H20O4. The van der Waals surface area contributed by atoms with Gasteiger partial charge in [-0.15, -0.1) is 0 Å². The molecule has 0 aromatic heterocycles. The predicted octanol–water partition coefficient (Wildman–Crippen LogP) is 2.94. The van der Waals surface area contributed by atoms with Crippen LogP contribution in [-0.2, 0) is 16.1 Å². The van der Waals surface area contributed by atoms with E-state index in [-0.39, 0.29) is 5.97 Å². The van der Waals surface area contributed by atoms with Gasteiger partial charge in [-0.25, -0.2) is 0 Å². The topological polar surface area (TPSA) is 44.8 Å². The summed E-state index contributed by atoms with van der Waals surface area (Å²) in [6, 6.07) is 5.41. The zero-order chi connectivity index (χ0) is 13.4. The number of ether oxygens (including phenoxy) is 3. The molecule has 1 rings (SSSR count). The van der Waals surface area contributed by atoms with Crippen molar-refractivity contribution in [3.8, 4) is 11.5 Å². The molecule has 1 aromatic rings. The van der Waals surface area contributed by atoms with E-state index in [1.807, 2.05) is 12.1 Å². The van der Waals surface area contributed by atoms with Crippen molar-refractivity contribution < 1.29 is 19.0 Å². The zero-order valence-corrected chi connectivity index (χ0v) is 11.2. The number of benzene rings is 1. The maximum Gasteiger partial charge on any atom is 0.308 e. The fraction of sp³-hybridized carbons (Fsp3) is 0.500. The van der Waals surface area contributed by atoms with Gasteiger partial charge in [-0.2, -0.15) is 0 Å². The van der Waals surface area contributed by atoms with Gasteiger partial charge in [-0.05, 0) is 24.1 Å². The van der Waals surface area contributed by atoms with Crippen molar-refractivity contribution in [1.82, 2.24) is 0 Å². The molecule has 0 aliphatic rings. The molecule has 0 fully saturated rings. The van der Waals surface area contributed by atoms with Gasteiger partial charge < -0.3 is 14.2 Å². The van der Waals surface area contributed by atoms with Crippen LogP contribution in [0, 0.1) is 0 Å². The molecule has 0 atom stereocenters. The first-order valence-electron chi connectivity index (χ1n) is 6.10. The van der Waals surface area contributed by atoms with Crippen LogP contribution in [0.4, 0.5) is 0 Å². The van der Waals surface area contributed by atoms with Gasteiger partial charge >= 0.3 is 5.97 Å². The Kier molecular flexibility index (Phi) is 6.22. The van der Waals surface area contributed by atoms with Crippen molar-refractivity contribution in [2.45, 2.75) is 33.3 Å². The molecule has 4 nitrogen and oxygen atoms in total. The molecule has 0 heterocycles. The molecule has 0 amide bonds. The number of carbonyl (C=O) groups is 1. The van der Waals surface area contributed by atoms with Crippen molar-refractivity contribution in [2.75, 3.05) is 13.7 Å². The van der Waals surface area contributed by atoms with Crippen LogP contribution in [-0.4, -0.2) is 19.7 Å². The molecule has 0 saturated carbocycles. The van der Waals surface area contributed by atoms with Crippen LogP contribution in [0.5, 0.6) is 11.5 Å². The summed E-state index contributed by atoms with van der Waals surface area (Å²) >= 11 is 0. The molecule has 18 heavy (non-hydrogen) atoms. The van der Waals surface area contributed by atoms with E-state index in [1.54, 1.807) is 13.2 Å². The second kappa shape index (κ2) is 7.71. The number of carbonyl (C=O) groups excluding carboxylic acids is 1. The van der Waals surface area contributed by atoms with Crippen LogP contribution in [0.25, 0.3) is 0 Å². The number of hydrogen-bond donors (Lipinski definition) is 0. The Morgan fingerprint density at radius 1 is 1.28 bits per heavy atom. The van der Waals surface area contributed by atoms with E-state index in [1.165, 1.54) is 6.92 Å². The van der Waals surface area contributed by atoms with Gasteiger partial charge in [-0.3, -0.25) is 4.79 Å². The molecule has 4 heteroatoms. The van der Waals surface area contributed by atoms with Crippen molar-refractivity contribution in [1.29, 1.82) is 0 Å². The third kappa shape index (κ3) is 4.75. The summed E-state index contributed by atoms with van der Waals surface area (Å²) in [7, 11) is 1.55. The van der Waals surface area contributed by atoms with Gasteiger partial charge in [0, 0.05) is 13.5 Å². The van der Waals surface area contributed by atoms with Crippen molar-refractivity contribution in [2.24, 2.45) is 0 Å². The lowest BCUT2D eigenvalue weighted by atomic mass is 10.2. The van der Waals surface area contributed by atoms with Gasteiger partial charge in [0.15, 0.2) is 11.5 Å². The quantitative estimate of drug-likeness (QED) is 0.425. The maximum atomic E-state index is 10.9. The van der Waals surface area contributed by atoms with E-state index in [2.05, 4.69) is 6.92 Å². The molecule has 0 N–H and O–H groups in total. The Morgan fingerprint density at radius 3 is 2.67 bits per heavy atom. The molecule has 0 unspecified atom stereocenters. The average Bonchev–Trinajstić information content (AvgIpc) is 2.35. The molecule has 0 spiro atoms. The zero-order valence-electron chi connectivity index (χ0n) is 11.2. The third-order valence-corrected chi connectivity index (χ3v) is 2.39. The highest BCUT2D eigenvalue weighted by molar-refractivity contribution is 5.70. The number of methoxy groups -OCH3 is 1. The van der Waals surface area contributed by atoms with Crippen LogP contribution >= 0.6 is 0 Å². The first-order chi connectivity index (χ1) is 8.67. The lowest BCUT2D eigenvalue weighted by Crippen LogP contribution is -2.03. The maximum absolute atomic E-state index is 10.9. The van der Waals surface area contributed by atoms with Crippen LogP contribution < -0.4 is 9.47 Å². The summed E-state index contributed by atoms with van der Waals surface area (Å²) in [5.41, 5.74) is 0.999. The third-order valence-electron chi connectivity index (χ3n) is 2.39. The molecule has 0 bridgehead atoms. The van der Waals surface area contributed by atoms with Crippen LogP contribution in [0.2, 0.25) is 0 Å². The Morgan fingerprint density at radius 2 is 2.06 bits per heavy atom. The van der Waals surface area contributed by atoms with Gasteiger partial charge in [0.2, 0.25) is 0 Å². The molecule has 0 aliphatic carbocycles. The van der Waals surface area contributed by atoms with E-state index >= 15 is 0 Å². The second-order valence-electron chi connectivity index (χ2n) is 3.98. The van der Waals surface area contributed by atoms with Gasteiger partial charge in [0.25, 0.3) is 0 Å². The highest BCUT2D eigenvalue weighted by atomic mass is 16.6. The summed E-state index contributed by atoms with van der Waals surface area (Å²) in [6.07, 6.45) is 2.18. The normalized spacial score (nSPS) is 10.2. The standard InChI is InChI=1S/C14H20O4/c1-4-5-8-17-10-12-6-7-13(18-11(2)15)14(9-12)16-3/h6-7,9H,4-5,8,10H2,1-3H3. The second-order valence-corrected chi connectivity index (χ2v) is 3.98. The smallest absolute Gasteiger partial charge is 0.308 e. The van der Waals surface area contributed by atoms with E-state index in [9.17, 15) is 4.79 Å². The lowest BCUT2D eigenvalue weighted by Gasteiger charge is -2.10. The number of unbranched alkanes of at least 4 members (excludes halogenated alkanes) is 1. The highest BCUT2D eigenvalue weighted by Crippen LogP contribution is 2.28. The first-order valence-corrected chi connectivity index (χ1v) is 6.10. The Bertz CT molecular complexity index is 387. The van der Waals surface area contributed by atoms with E-state index in [4.69, 9.17) is 14.2 Å². The number of hydrogen-bond acceptors (Lipinski definition) is 4. The Balaban J connectivity index is 2.63.